The Morgan fingerprint density at radius 2 is 1.51 bits per heavy atom. The molecule has 4 saturated heterocycles. The number of likely N-dealkylation sites (tertiary alicyclic amines) is 1. The summed E-state index contributed by atoms with van der Waals surface area (Å²) in [5.41, 5.74) is 5.57. The number of anilines is 6. The number of halogens is 2. The summed E-state index contributed by atoms with van der Waals surface area (Å²) in [6, 6.07) is 10.1. The number of carbonyl (C=O) groups is 4. The van der Waals surface area contributed by atoms with Crippen molar-refractivity contribution in [1.82, 2.24) is 40.0 Å². The molecular weight excluding hydrogens is 1020 g/mol. The minimum absolute atomic E-state index is 0.0223. The van der Waals surface area contributed by atoms with Crippen molar-refractivity contribution < 1.29 is 32.9 Å². The van der Waals surface area contributed by atoms with E-state index in [1.165, 1.54) is 17.3 Å². The van der Waals surface area contributed by atoms with Gasteiger partial charge in [0, 0.05) is 88.6 Å². The van der Waals surface area contributed by atoms with Crippen molar-refractivity contribution in [3.8, 4) is 5.75 Å². The zero-order valence-corrected chi connectivity index (χ0v) is 43.7. The molecule has 1 atom stereocenters. The number of hydrogen-bond donors (Lipinski definition) is 3. The number of methoxy groups -OCH3 is 1. The van der Waals surface area contributed by atoms with Crippen LogP contribution in [-0.2, 0) is 14.2 Å². The summed E-state index contributed by atoms with van der Waals surface area (Å²) in [7, 11) is -1.10. The number of benzene rings is 3. The van der Waals surface area contributed by atoms with Crippen LogP contribution < -0.4 is 35.8 Å². The van der Waals surface area contributed by atoms with Gasteiger partial charge in [-0.05, 0) is 135 Å². The van der Waals surface area contributed by atoms with E-state index in [0.717, 1.165) is 101 Å². The van der Waals surface area contributed by atoms with Crippen molar-refractivity contribution in [3.63, 3.8) is 0 Å². The number of nitrogens with one attached hydrogen (secondary N) is 3. The average molecular weight is 1080 g/mol. The Balaban J connectivity index is 0.678. The summed E-state index contributed by atoms with van der Waals surface area (Å²) >= 11 is 3.61. The van der Waals surface area contributed by atoms with E-state index in [1.807, 2.05) is 17.0 Å². The van der Waals surface area contributed by atoms with Gasteiger partial charge in [-0.15, -0.1) is 0 Å². The summed E-state index contributed by atoms with van der Waals surface area (Å²) < 4.78 is 35.9. The van der Waals surface area contributed by atoms with Gasteiger partial charge in [0.15, 0.2) is 0 Å². The van der Waals surface area contributed by atoms with Crippen LogP contribution in [0.4, 0.5) is 38.9 Å². The first-order chi connectivity index (χ1) is 35.2. The number of piperazine rings is 1. The Hall–Kier alpha value is -6.08. The van der Waals surface area contributed by atoms with Gasteiger partial charge in [0.1, 0.15) is 36.1 Å². The second-order valence-electron chi connectivity index (χ2n) is 20.5. The van der Waals surface area contributed by atoms with Gasteiger partial charge in [-0.25, -0.2) is 9.37 Å². The topological polar surface area (TPSA) is 198 Å². The van der Waals surface area contributed by atoms with Crippen LogP contribution >= 0.6 is 23.1 Å². The highest BCUT2D eigenvalue weighted by molar-refractivity contribution is 9.10. The SMILES string of the molecule is COc1cc(N2CCC(N3CCC(CN4CCN(c5cc6c(cc5F)C(=O)N([C@@H]5CCC(=O)NC5=O)C6=O)CC4)CC3)CC2)c(C2CC2)cc1Nc1ncc(Br)c(Nc2ccc3nccnc3c2P(C)(C)=O)n1. The number of rotatable bonds is 13. The van der Waals surface area contributed by atoms with E-state index in [9.17, 15) is 23.7 Å². The summed E-state index contributed by atoms with van der Waals surface area (Å²) in [4.78, 5) is 79.7. The fourth-order valence-electron chi connectivity index (χ4n) is 11.5. The number of hydrogen-bond acceptors (Lipinski definition) is 16. The van der Waals surface area contributed by atoms with Crippen molar-refractivity contribution in [3.05, 3.63) is 82.0 Å². The maximum absolute atomic E-state index is 15.6. The molecule has 0 spiro atoms. The first-order valence-electron chi connectivity index (χ1n) is 25.3. The number of nitrogens with zero attached hydrogens (tertiary/aromatic N) is 9. The van der Waals surface area contributed by atoms with Crippen molar-refractivity contribution in [2.24, 2.45) is 5.92 Å². The highest BCUT2D eigenvalue weighted by Crippen LogP contribution is 2.49. The zero-order valence-electron chi connectivity index (χ0n) is 41.2. The van der Waals surface area contributed by atoms with Gasteiger partial charge in [-0.1, -0.05) is 0 Å². The lowest BCUT2D eigenvalue weighted by Crippen LogP contribution is -2.54. The first kappa shape index (κ1) is 49.1. The predicted octanol–water partition coefficient (Wildman–Crippen LogP) is 6.85. The van der Waals surface area contributed by atoms with Crippen LogP contribution in [0.1, 0.15) is 83.6 Å². The molecule has 11 rings (SSSR count). The second-order valence-corrected chi connectivity index (χ2v) is 24.5. The van der Waals surface area contributed by atoms with E-state index >= 15 is 4.39 Å². The molecule has 3 N–H and O–H groups in total. The second kappa shape index (κ2) is 20.0. The Morgan fingerprint density at radius 3 is 2.21 bits per heavy atom. The molecule has 4 amide bonds. The van der Waals surface area contributed by atoms with Gasteiger partial charge in [-0.3, -0.25) is 44.3 Å². The number of imide groups is 2. The third kappa shape index (κ3) is 9.90. The first-order valence-corrected chi connectivity index (χ1v) is 28.7. The molecule has 5 aromatic rings. The fraction of sp³-hybridized carbons (Fsp3) is 0.462. The third-order valence-electron chi connectivity index (χ3n) is 15.5. The quantitative estimate of drug-likeness (QED) is 0.0817. The molecule has 0 bridgehead atoms. The lowest BCUT2D eigenvalue weighted by molar-refractivity contribution is -0.136. The summed E-state index contributed by atoms with van der Waals surface area (Å²) in [6.07, 6.45) is 11.7. The van der Waals surface area contributed by atoms with E-state index in [0.29, 0.717) is 75.0 Å². The van der Waals surface area contributed by atoms with Gasteiger partial charge >= 0.3 is 0 Å². The van der Waals surface area contributed by atoms with E-state index in [1.54, 1.807) is 39.0 Å². The summed E-state index contributed by atoms with van der Waals surface area (Å²) in [6.45, 7) is 11.2. The molecule has 73 heavy (non-hydrogen) atoms. The van der Waals surface area contributed by atoms with E-state index < -0.39 is 42.6 Å². The van der Waals surface area contributed by atoms with Crippen LogP contribution in [-0.4, -0.2) is 150 Å². The Kier molecular flexibility index (Phi) is 13.5. The van der Waals surface area contributed by atoms with Gasteiger partial charge in [-0.2, -0.15) is 4.98 Å². The number of aromatic nitrogens is 4. The fourth-order valence-corrected chi connectivity index (χ4v) is 13.2. The molecule has 1 aliphatic carbocycles. The number of amides is 4. The highest BCUT2D eigenvalue weighted by Gasteiger charge is 2.45. The largest absolute Gasteiger partial charge is 0.494 e. The van der Waals surface area contributed by atoms with Crippen LogP contribution in [0, 0.1) is 11.7 Å². The third-order valence-corrected chi connectivity index (χ3v) is 17.6. The van der Waals surface area contributed by atoms with Gasteiger partial charge in [0.2, 0.25) is 17.8 Å². The zero-order chi connectivity index (χ0) is 50.7. The van der Waals surface area contributed by atoms with E-state index in [-0.39, 0.29) is 29.7 Å². The highest BCUT2D eigenvalue weighted by atomic mass is 79.9. The monoisotopic (exact) mass is 1080 g/mol. The summed E-state index contributed by atoms with van der Waals surface area (Å²) in [5.74, 6) is -0.380. The molecule has 0 radical (unpaired) electrons. The van der Waals surface area contributed by atoms with E-state index in [2.05, 4.69) is 73.7 Å². The molecule has 7 heterocycles. The number of ether oxygens (including phenoxy) is 1. The van der Waals surface area contributed by atoms with Crippen LogP contribution in [0.2, 0.25) is 0 Å². The molecule has 21 heteroatoms. The van der Waals surface area contributed by atoms with Gasteiger partial charge < -0.3 is 34.6 Å². The molecule has 6 aliphatic rings. The average Bonchev–Trinajstić information content (AvgIpc) is 4.21. The molecule has 382 valence electrons. The number of piperidine rings is 3. The van der Waals surface area contributed by atoms with Crippen molar-refractivity contribution in [2.75, 3.05) is 99.8 Å². The molecule has 5 aliphatic heterocycles. The molecular formula is C52H59BrFN12O6P. The molecule has 5 fully saturated rings. The van der Waals surface area contributed by atoms with Crippen molar-refractivity contribution in [2.45, 2.75) is 69.4 Å². The maximum Gasteiger partial charge on any atom is 0.262 e. The predicted molar refractivity (Wildman–Crippen MR) is 281 cm³/mol. The van der Waals surface area contributed by atoms with Crippen LogP contribution in [0.5, 0.6) is 5.75 Å². The lowest BCUT2D eigenvalue weighted by atomic mass is 9.92. The van der Waals surface area contributed by atoms with Crippen molar-refractivity contribution >= 4 is 97.6 Å². The Bertz CT molecular complexity index is 3080. The van der Waals surface area contributed by atoms with Crippen molar-refractivity contribution in [1.29, 1.82) is 0 Å². The number of fused-ring (bicyclic) bond motifs is 2. The van der Waals surface area contributed by atoms with Crippen LogP contribution in [0.15, 0.2) is 59.5 Å². The van der Waals surface area contributed by atoms with Gasteiger partial charge in [0.25, 0.3) is 11.8 Å². The molecule has 2 aromatic heterocycles. The minimum Gasteiger partial charge on any atom is -0.494 e. The molecule has 3 aromatic carbocycles. The smallest absolute Gasteiger partial charge is 0.262 e. The Morgan fingerprint density at radius 1 is 0.795 bits per heavy atom. The molecule has 0 unspecified atom stereocenters. The molecule has 18 nitrogen and oxygen atoms in total. The van der Waals surface area contributed by atoms with Crippen LogP contribution in [0.3, 0.4) is 0 Å². The van der Waals surface area contributed by atoms with Crippen LogP contribution in [0.25, 0.3) is 11.0 Å². The maximum atomic E-state index is 15.6. The van der Waals surface area contributed by atoms with Gasteiger partial charge in [0.05, 0.1) is 50.6 Å². The normalized spacial score (nSPS) is 20.7. The summed E-state index contributed by atoms with van der Waals surface area (Å²) in [5, 5.41) is 9.66. The lowest BCUT2D eigenvalue weighted by Gasteiger charge is -2.44. The minimum atomic E-state index is -2.79. The number of carbonyl (C=O) groups excluding carboxylic acids is 4. The standard InChI is InChI=1S/C52H59BrFN12O6P/c1-72-44-27-42(33(31-4-5-31)25-40(44)59-52-57-28-36(53)48(61-52)58-39-7-6-38-46(56-15-14-55-38)47(39)73(2,3)71)64-18-12-32(13-19-64)63-16-10-30(11-17-63)29-62-20-22-65(23-21-62)43-26-35-34(24-37(43)54)50(69)66(51(35)70)41-8-9-45(67)60-49(41)68/h6-7,14-15,24-28,30-32,41H,4-5,8-13,16-23,29H2,1-3H3,(H,60,67,68)(H2,57,58,59,61)/t41-/m1/s1. The van der Waals surface area contributed by atoms with E-state index in [4.69, 9.17) is 9.72 Å². The Labute approximate surface area is 431 Å². The molecule has 1 saturated carbocycles.